The number of hydrogen-bond acceptors (Lipinski definition) is 2. The summed E-state index contributed by atoms with van der Waals surface area (Å²) in [6.07, 6.45) is 12.9. The summed E-state index contributed by atoms with van der Waals surface area (Å²) in [5.41, 5.74) is 5.05. The Morgan fingerprint density at radius 2 is 2.15 bits per heavy atom. The van der Waals surface area contributed by atoms with Gasteiger partial charge in [0, 0.05) is 24.0 Å². The van der Waals surface area contributed by atoms with Crippen molar-refractivity contribution in [2.75, 3.05) is 13.1 Å². The Labute approximate surface area is 119 Å². The zero-order valence-corrected chi connectivity index (χ0v) is 11.8. The van der Waals surface area contributed by atoms with Crippen molar-refractivity contribution in [2.45, 2.75) is 38.1 Å². The molecule has 3 heteroatoms. The van der Waals surface area contributed by atoms with Crippen LogP contribution in [0, 0.1) is 0 Å². The van der Waals surface area contributed by atoms with Gasteiger partial charge in [-0.1, -0.05) is 6.08 Å². The number of nitrogens with zero attached hydrogens (tertiary/aromatic N) is 2. The Kier molecular flexibility index (Phi) is 3.07. The second kappa shape index (κ2) is 5.06. The molecule has 1 saturated heterocycles. The Morgan fingerprint density at radius 1 is 1.25 bits per heavy atom. The predicted molar refractivity (Wildman–Crippen MR) is 82.5 cm³/mol. The van der Waals surface area contributed by atoms with Crippen LogP contribution in [0.2, 0.25) is 0 Å². The lowest BCUT2D eigenvalue weighted by Gasteiger charge is -2.30. The first-order chi connectivity index (χ1) is 9.92. The van der Waals surface area contributed by atoms with E-state index < -0.39 is 0 Å². The highest BCUT2D eigenvalue weighted by atomic mass is 15.2. The Hall–Kier alpha value is -1.61. The van der Waals surface area contributed by atoms with Crippen molar-refractivity contribution in [3.05, 3.63) is 36.2 Å². The minimum atomic E-state index is 0.777. The molecule has 1 aliphatic carbocycles. The second-order valence-electron chi connectivity index (χ2n) is 6.00. The number of rotatable bonds is 2. The van der Waals surface area contributed by atoms with Gasteiger partial charge < -0.3 is 9.88 Å². The molecule has 1 N–H and O–H groups in total. The summed E-state index contributed by atoms with van der Waals surface area (Å²) in [4.78, 5) is 10.5. The minimum absolute atomic E-state index is 0.777. The third-order valence-electron chi connectivity index (χ3n) is 4.82. The Balaban J connectivity index is 1.58. The zero-order valence-electron chi connectivity index (χ0n) is 11.8. The van der Waals surface area contributed by atoms with Crippen LogP contribution in [0.1, 0.15) is 37.7 Å². The largest absolute Gasteiger partial charge is 0.359 e. The summed E-state index contributed by atoms with van der Waals surface area (Å²) in [5, 5.41) is 0. The molecule has 0 radical (unpaired) electrons. The van der Waals surface area contributed by atoms with Crippen molar-refractivity contribution in [3.8, 4) is 0 Å². The van der Waals surface area contributed by atoms with Crippen molar-refractivity contribution in [1.29, 1.82) is 0 Å². The average molecular weight is 267 g/mol. The van der Waals surface area contributed by atoms with Gasteiger partial charge in [-0.15, -0.1) is 0 Å². The molecule has 104 valence electrons. The molecule has 1 atom stereocenters. The third-order valence-corrected chi connectivity index (χ3v) is 4.82. The molecule has 3 nitrogen and oxygen atoms in total. The lowest BCUT2D eigenvalue weighted by molar-refractivity contribution is 0.229. The third kappa shape index (κ3) is 2.06. The SMILES string of the molecule is C1=C(c2c[nH]c3cccnc23)CCC(N2CCCC2)C1. The van der Waals surface area contributed by atoms with E-state index in [1.807, 2.05) is 12.3 Å². The van der Waals surface area contributed by atoms with Crippen LogP contribution < -0.4 is 0 Å². The van der Waals surface area contributed by atoms with Gasteiger partial charge in [0.1, 0.15) is 0 Å². The van der Waals surface area contributed by atoms with Crippen molar-refractivity contribution >= 4 is 16.6 Å². The molecule has 0 bridgehead atoms. The van der Waals surface area contributed by atoms with Crippen LogP contribution in [0.3, 0.4) is 0 Å². The highest BCUT2D eigenvalue weighted by molar-refractivity contribution is 5.89. The minimum Gasteiger partial charge on any atom is -0.359 e. The molecular weight excluding hydrogens is 246 g/mol. The summed E-state index contributed by atoms with van der Waals surface area (Å²) in [5.74, 6) is 0. The average Bonchev–Trinajstić information content (AvgIpc) is 3.17. The van der Waals surface area contributed by atoms with Gasteiger partial charge in [0.25, 0.3) is 0 Å². The molecule has 1 aliphatic heterocycles. The molecule has 0 amide bonds. The van der Waals surface area contributed by atoms with Crippen molar-refractivity contribution in [2.24, 2.45) is 0 Å². The normalized spacial score (nSPS) is 24.2. The number of allylic oxidation sites excluding steroid dienone is 1. The van der Waals surface area contributed by atoms with E-state index >= 15 is 0 Å². The van der Waals surface area contributed by atoms with Gasteiger partial charge in [-0.2, -0.15) is 0 Å². The fraction of sp³-hybridized carbons (Fsp3) is 0.471. The maximum Gasteiger partial charge on any atom is 0.0953 e. The maximum absolute atomic E-state index is 4.53. The molecular formula is C17H21N3. The monoisotopic (exact) mass is 267 g/mol. The maximum atomic E-state index is 4.53. The van der Waals surface area contributed by atoms with Gasteiger partial charge in [0.15, 0.2) is 0 Å². The Morgan fingerprint density at radius 3 is 2.95 bits per heavy atom. The highest BCUT2D eigenvalue weighted by Gasteiger charge is 2.24. The summed E-state index contributed by atoms with van der Waals surface area (Å²) in [6.45, 7) is 2.62. The van der Waals surface area contributed by atoms with Crippen LogP contribution in [-0.4, -0.2) is 34.0 Å². The smallest absolute Gasteiger partial charge is 0.0953 e. The number of hydrogen-bond donors (Lipinski definition) is 1. The van der Waals surface area contributed by atoms with Gasteiger partial charge in [-0.3, -0.25) is 4.98 Å². The summed E-state index contributed by atoms with van der Waals surface area (Å²) in [6, 6.07) is 4.86. The van der Waals surface area contributed by atoms with Gasteiger partial charge >= 0.3 is 0 Å². The zero-order chi connectivity index (χ0) is 13.4. The van der Waals surface area contributed by atoms with Crippen LogP contribution in [0.4, 0.5) is 0 Å². The molecule has 0 aromatic carbocycles. The van der Waals surface area contributed by atoms with E-state index in [0.717, 1.165) is 17.1 Å². The van der Waals surface area contributed by atoms with E-state index in [4.69, 9.17) is 0 Å². The molecule has 1 unspecified atom stereocenters. The van der Waals surface area contributed by atoms with E-state index in [-0.39, 0.29) is 0 Å². The van der Waals surface area contributed by atoms with E-state index in [2.05, 4.69) is 33.2 Å². The Bertz CT molecular complexity index is 634. The van der Waals surface area contributed by atoms with Crippen molar-refractivity contribution < 1.29 is 0 Å². The molecule has 20 heavy (non-hydrogen) atoms. The van der Waals surface area contributed by atoms with Crippen LogP contribution in [0.5, 0.6) is 0 Å². The van der Waals surface area contributed by atoms with E-state index in [1.54, 1.807) is 0 Å². The molecule has 1 fully saturated rings. The lowest BCUT2D eigenvalue weighted by atomic mass is 9.90. The molecule has 0 saturated carbocycles. The number of nitrogens with one attached hydrogen (secondary N) is 1. The van der Waals surface area contributed by atoms with Crippen molar-refractivity contribution in [3.63, 3.8) is 0 Å². The predicted octanol–water partition coefficient (Wildman–Crippen LogP) is 3.59. The highest BCUT2D eigenvalue weighted by Crippen LogP contribution is 2.33. The quantitative estimate of drug-likeness (QED) is 0.901. The van der Waals surface area contributed by atoms with Gasteiger partial charge in [0.05, 0.1) is 11.0 Å². The first-order valence-corrected chi connectivity index (χ1v) is 7.77. The number of likely N-dealkylation sites (tertiary alicyclic amines) is 1. The molecule has 3 heterocycles. The summed E-state index contributed by atoms with van der Waals surface area (Å²) < 4.78 is 0. The first kappa shape index (κ1) is 12.2. The molecule has 4 rings (SSSR count). The summed E-state index contributed by atoms with van der Waals surface area (Å²) >= 11 is 0. The number of aromatic nitrogens is 2. The topological polar surface area (TPSA) is 31.9 Å². The number of aromatic amines is 1. The number of H-pyrrole nitrogens is 1. The first-order valence-electron chi connectivity index (χ1n) is 7.77. The second-order valence-corrected chi connectivity index (χ2v) is 6.00. The molecule has 2 aromatic rings. The van der Waals surface area contributed by atoms with Crippen molar-refractivity contribution in [1.82, 2.24) is 14.9 Å². The molecule has 0 spiro atoms. The number of fused-ring (bicyclic) bond motifs is 1. The van der Waals surface area contributed by atoms with Gasteiger partial charge in [-0.25, -0.2) is 0 Å². The van der Waals surface area contributed by atoms with Crippen LogP contribution in [-0.2, 0) is 0 Å². The number of pyridine rings is 1. The van der Waals surface area contributed by atoms with Crippen LogP contribution >= 0.6 is 0 Å². The fourth-order valence-corrected chi connectivity index (χ4v) is 3.70. The van der Waals surface area contributed by atoms with Crippen LogP contribution in [0.25, 0.3) is 16.6 Å². The van der Waals surface area contributed by atoms with E-state index in [9.17, 15) is 0 Å². The van der Waals surface area contributed by atoms with E-state index in [1.165, 1.54) is 56.3 Å². The molecule has 2 aliphatic rings. The summed E-state index contributed by atoms with van der Waals surface area (Å²) in [7, 11) is 0. The van der Waals surface area contributed by atoms with Gasteiger partial charge in [0.2, 0.25) is 0 Å². The van der Waals surface area contributed by atoms with Gasteiger partial charge in [-0.05, 0) is 62.9 Å². The lowest BCUT2D eigenvalue weighted by Crippen LogP contribution is -2.33. The molecule has 2 aromatic heterocycles. The standard InChI is InChI=1S/C17H21N3/c1-2-11-20(10-1)14-7-5-13(6-8-14)15-12-19-16-4-3-9-18-17(15)16/h3-5,9,12,14,19H,1-2,6-8,10-11H2. The van der Waals surface area contributed by atoms with Crippen LogP contribution in [0.15, 0.2) is 30.6 Å². The fourth-order valence-electron chi connectivity index (χ4n) is 3.70. The van der Waals surface area contributed by atoms with E-state index in [0.29, 0.717) is 0 Å².